The van der Waals surface area contributed by atoms with Crippen LogP contribution in [-0.2, 0) is 16.1 Å². The van der Waals surface area contributed by atoms with E-state index in [9.17, 15) is 4.79 Å². The van der Waals surface area contributed by atoms with Crippen molar-refractivity contribution >= 4 is 16.9 Å². The van der Waals surface area contributed by atoms with Crippen LogP contribution in [-0.4, -0.2) is 61.1 Å². The maximum Gasteiger partial charge on any atom is 0.305 e. The summed E-state index contributed by atoms with van der Waals surface area (Å²) in [4.78, 5) is 19.8. The SMILES string of the molecule is COC(=O)CC[C@H]1CN(Cc2c[nH]c3ccccc23)CC[C@H]1N(C)C. The van der Waals surface area contributed by atoms with Crippen LogP contribution in [0.1, 0.15) is 24.8 Å². The van der Waals surface area contributed by atoms with Gasteiger partial charge >= 0.3 is 5.97 Å². The van der Waals surface area contributed by atoms with Crippen LogP contribution in [0.5, 0.6) is 0 Å². The van der Waals surface area contributed by atoms with Crippen LogP contribution in [0.4, 0.5) is 0 Å². The maximum absolute atomic E-state index is 11.6. The number of likely N-dealkylation sites (tertiary alicyclic amines) is 1. The normalized spacial score (nSPS) is 21.8. The number of para-hydroxylation sites is 1. The first-order valence-electron chi connectivity index (χ1n) is 9.09. The number of hydrogen-bond acceptors (Lipinski definition) is 4. The van der Waals surface area contributed by atoms with Crippen LogP contribution in [0.25, 0.3) is 10.9 Å². The van der Waals surface area contributed by atoms with Gasteiger partial charge in [0.15, 0.2) is 0 Å². The lowest BCUT2D eigenvalue weighted by atomic mass is 9.87. The zero-order chi connectivity index (χ0) is 17.8. The van der Waals surface area contributed by atoms with Crippen molar-refractivity contribution in [3.8, 4) is 0 Å². The monoisotopic (exact) mass is 343 g/mol. The van der Waals surface area contributed by atoms with Crippen LogP contribution < -0.4 is 0 Å². The molecule has 0 unspecified atom stereocenters. The number of esters is 1. The first kappa shape index (κ1) is 18.0. The Bertz CT molecular complexity index is 710. The van der Waals surface area contributed by atoms with E-state index in [4.69, 9.17) is 4.74 Å². The fraction of sp³-hybridized carbons (Fsp3) is 0.550. The second-order valence-corrected chi connectivity index (χ2v) is 7.29. The molecule has 1 aliphatic rings. The third kappa shape index (κ3) is 4.22. The number of aromatic nitrogens is 1. The van der Waals surface area contributed by atoms with Crippen molar-refractivity contribution in [2.45, 2.75) is 31.8 Å². The first-order chi connectivity index (χ1) is 12.1. The van der Waals surface area contributed by atoms with Gasteiger partial charge in [-0.3, -0.25) is 9.69 Å². The van der Waals surface area contributed by atoms with Crippen molar-refractivity contribution in [1.29, 1.82) is 0 Å². The standard InChI is InChI=1S/C20H29N3O2/c1-22(2)19-10-11-23(13-15(19)8-9-20(24)25-3)14-16-12-21-18-7-5-4-6-17(16)18/h4-7,12,15,19,21H,8-11,13-14H2,1-3H3/t15-,19+/m0/s1. The highest BCUT2D eigenvalue weighted by molar-refractivity contribution is 5.82. The largest absolute Gasteiger partial charge is 0.469 e. The maximum atomic E-state index is 11.6. The molecule has 25 heavy (non-hydrogen) atoms. The number of rotatable bonds is 6. The summed E-state index contributed by atoms with van der Waals surface area (Å²) in [7, 11) is 5.76. The van der Waals surface area contributed by atoms with Crippen molar-refractivity contribution in [2.75, 3.05) is 34.3 Å². The van der Waals surface area contributed by atoms with Gasteiger partial charge in [0, 0.05) is 42.7 Å². The molecule has 0 spiro atoms. The number of ether oxygens (including phenoxy) is 1. The number of piperidine rings is 1. The molecule has 2 aromatic rings. The minimum Gasteiger partial charge on any atom is -0.469 e. The van der Waals surface area contributed by atoms with E-state index in [0.717, 1.165) is 32.5 Å². The third-order valence-corrected chi connectivity index (χ3v) is 5.46. The summed E-state index contributed by atoms with van der Waals surface area (Å²) in [6.07, 6.45) is 4.67. The van der Waals surface area contributed by atoms with Gasteiger partial charge < -0.3 is 14.6 Å². The van der Waals surface area contributed by atoms with Gasteiger partial charge in [-0.25, -0.2) is 0 Å². The van der Waals surface area contributed by atoms with Crippen molar-refractivity contribution in [3.63, 3.8) is 0 Å². The molecular formula is C20H29N3O2. The zero-order valence-electron chi connectivity index (χ0n) is 15.5. The average molecular weight is 343 g/mol. The Balaban J connectivity index is 1.67. The summed E-state index contributed by atoms with van der Waals surface area (Å²) in [6, 6.07) is 8.99. The van der Waals surface area contributed by atoms with Gasteiger partial charge in [-0.15, -0.1) is 0 Å². The van der Waals surface area contributed by atoms with Crippen LogP contribution in [0, 0.1) is 5.92 Å². The van der Waals surface area contributed by atoms with Crippen molar-refractivity contribution < 1.29 is 9.53 Å². The topological polar surface area (TPSA) is 48.6 Å². The van der Waals surface area contributed by atoms with Gasteiger partial charge in [-0.05, 0) is 51.0 Å². The molecule has 1 aromatic carbocycles. The summed E-state index contributed by atoms with van der Waals surface area (Å²) in [6.45, 7) is 3.08. The van der Waals surface area contributed by atoms with Gasteiger partial charge in [-0.2, -0.15) is 0 Å². The van der Waals surface area contributed by atoms with Gasteiger partial charge in [0.25, 0.3) is 0 Å². The molecule has 1 aliphatic heterocycles. The molecule has 136 valence electrons. The van der Waals surface area contributed by atoms with E-state index >= 15 is 0 Å². The Morgan fingerprint density at radius 2 is 2.16 bits per heavy atom. The highest BCUT2D eigenvalue weighted by Gasteiger charge is 2.31. The molecule has 5 heteroatoms. The number of carbonyl (C=O) groups excluding carboxylic acids is 1. The summed E-state index contributed by atoms with van der Waals surface area (Å²) in [5.41, 5.74) is 2.55. The number of benzene rings is 1. The lowest BCUT2D eigenvalue weighted by molar-refractivity contribution is -0.141. The lowest BCUT2D eigenvalue weighted by Crippen LogP contribution is -2.48. The number of carbonyl (C=O) groups is 1. The Labute approximate surface area is 149 Å². The Hall–Kier alpha value is -1.85. The molecule has 1 saturated heterocycles. The van der Waals surface area contributed by atoms with Gasteiger partial charge in [0.05, 0.1) is 7.11 Å². The molecule has 0 aliphatic carbocycles. The van der Waals surface area contributed by atoms with E-state index in [0.29, 0.717) is 18.4 Å². The summed E-state index contributed by atoms with van der Waals surface area (Å²) in [5, 5.41) is 1.31. The molecule has 0 saturated carbocycles. The Kier molecular flexibility index (Phi) is 5.76. The minimum atomic E-state index is -0.105. The van der Waals surface area contributed by atoms with Gasteiger partial charge in [0.1, 0.15) is 0 Å². The van der Waals surface area contributed by atoms with E-state index in [-0.39, 0.29) is 5.97 Å². The molecule has 1 aromatic heterocycles. The van der Waals surface area contributed by atoms with Crippen LogP contribution in [0.15, 0.2) is 30.5 Å². The van der Waals surface area contributed by atoms with E-state index in [1.165, 1.54) is 23.6 Å². The fourth-order valence-electron chi connectivity index (χ4n) is 4.11. The van der Waals surface area contributed by atoms with Crippen molar-refractivity contribution in [2.24, 2.45) is 5.92 Å². The van der Waals surface area contributed by atoms with Crippen LogP contribution >= 0.6 is 0 Å². The molecule has 2 heterocycles. The van der Waals surface area contributed by atoms with E-state index in [1.807, 2.05) is 0 Å². The number of nitrogens with zero attached hydrogens (tertiary/aromatic N) is 2. The molecule has 3 rings (SSSR count). The lowest BCUT2D eigenvalue weighted by Gasteiger charge is -2.41. The zero-order valence-corrected chi connectivity index (χ0v) is 15.5. The number of H-pyrrole nitrogens is 1. The molecular weight excluding hydrogens is 314 g/mol. The highest BCUT2D eigenvalue weighted by Crippen LogP contribution is 2.27. The van der Waals surface area contributed by atoms with E-state index in [1.54, 1.807) is 0 Å². The summed E-state index contributed by atoms with van der Waals surface area (Å²) < 4.78 is 4.83. The van der Waals surface area contributed by atoms with Gasteiger partial charge in [-0.1, -0.05) is 18.2 Å². The average Bonchev–Trinajstić information content (AvgIpc) is 3.02. The van der Waals surface area contributed by atoms with Crippen molar-refractivity contribution in [3.05, 3.63) is 36.0 Å². The van der Waals surface area contributed by atoms with Crippen LogP contribution in [0.3, 0.4) is 0 Å². The second kappa shape index (κ2) is 8.02. The first-order valence-corrected chi connectivity index (χ1v) is 9.09. The minimum absolute atomic E-state index is 0.105. The summed E-state index contributed by atoms with van der Waals surface area (Å²) >= 11 is 0. The van der Waals surface area contributed by atoms with Crippen LogP contribution in [0.2, 0.25) is 0 Å². The predicted octanol–water partition coefficient (Wildman–Crippen LogP) is 2.87. The summed E-state index contributed by atoms with van der Waals surface area (Å²) in [5.74, 6) is 0.388. The molecule has 0 bridgehead atoms. The van der Waals surface area contributed by atoms with E-state index in [2.05, 4.69) is 59.3 Å². The number of nitrogens with one attached hydrogen (secondary N) is 1. The Morgan fingerprint density at radius 1 is 1.36 bits per heavy atom. The third-order valence-electron chi connectivity index (χ3n) is 5.46. The second-order valence-electron chi connectivity index (χ2n) is 7.29. The smallest absolute Gasteiger partial charge is 0.305 e. The predicted molar refractivity (Wildman–Crippen MR) is 100 cm³/mol. The fourth-order valence-corrected chi connectivity index (χ4v) is 4.11. The molecule has 5 nitrogen and oxygen atoms in total. The Morgan fingerprint density at radius 3 is 2.92 bits per heavy atom. The molecule has 1 N–H and O–H groups in total. The highest BCUT2D eigenvalue weighted by atomic mass is 16.5. The molecule has 2 atom stereocenters. The van der Waals surface area contributed by atoms with Gasteiger partial charge in [0.2, 0.25) is 0 Å². The number of methoxy groups -OCH3 is 1. The molecule has 1 fully saturated rings. The number of hydrogen-bond donors (Lipinski definition) is 1. The quantitative estimate of drug-likeness (QED) is 0.820. The molecule has 0 amide bonds. The number of fused-ring (bicyclic) bond motifs is 1. The molecule has 0 radical (unpaired) electrons. The number of aromatic amines is 1. The van der Waals surface area contributed by atoms with E-state index < -0.39 is 0 Å². The van der Waals surface area contributed by atoms with Crippen molar-refractivity contribution in [1.82, 2.24) is 14.8 Å².